The molecule has 1 N–H and O–H groups in total. The van der Waals surface area contributed by atoms with Crippen molar-refractivity contribution in [3.05, 3.63) is 76.9 Å². The van der Waals surface area contributed by atoms with E-state index in [1.165, 1.54) is 17.7 Å². The summed E-state index contributed by atoms with van der Waals surface area (Å²) >= 11 is 0. The van der Waals surface area contributed by atoms with Crippen LogP contribution in [0.15, 0.2) is 60.2 Å². The molecule has 124 valence electrons. The molecule has 0 unspecified atom stereocenters. The van der Waals surface area contributed by atoms with Crippen molar-refractivity contribution >= 4 is 11.9 Å². The van der Waals surface area contributed by atoms with Gasteiger partial charge in [-0.25, -0.2) is 0 Å². The Morgan fingerprint density at radius 2 is 1.92 bits per heavy atom. The van der Waals surface area contributed by atoms with E-state index < -0.39 is 0 Å². The van der Waals surface area contributed by atoms with E-state index in [-0.39, 0.29) is 11.5 Å². The Balaban J connectivity index is 2.23. The highest BCUT2D eigenvalue weighted by Gasteiger charge is 2.07. The second-order valence-electron chi connectivity index (χ2n) is 5.77. The van der Waals surface area contributed by atoms with E-state index in [2.05, 4.69) is 19.9 Å². The maximum atomic E-state index is 12.2. The van der Waals surface area contributed by atoms with Gasteiger partial charge in [0.05, 0.1) is 12.7 Å². The molecule has 2 rings (SSSR count). The number of allylic oxidation sites excluding steroid dienone is 3. The Labute approximate surface area is 142 Å². The SMILES string of the molecule is COc1ccc(C=CC(=O)c2ccccc2O)cc1CC=C(C)C. The minimum absolute atomic E-state index is 0.00821. The molecule has 0 radical (unpaired) electrons. The lowest BCUT2D eigenvalue weighted by Crippen LogP contribution is -1.95. The van der Waals surface area contributed by atoms with Gasteiger partial charge in [0.25, 0.3) is 0 Å². The zero-order valence-corrected chi connectivity index (χ0v) is 14.2. The highest BCUT2D eigenvalue weighted by Crippen LogP contribution is 2.23. The Kier molecular flexibility index (Phi) is 5.96. The molecular formula is C21H22O3. The molecule has 0 aliphatic carbocycles. The summed E-state index contributed by atoms with van der Waals surface area (Å²) in [6.45, 7) is 4.11. The van der Waals surface area contributed by atoms with Crippen LogP contribution in [0.3, 0.4) is 0 Å². The van der Waals surface area contributed by atoms with Crippen LogP contribution in [0.2, 0.25) is 0 Å². The third kappa shape index (κ3) is 4.59. The van der Waals surface area contributed by atoms with Gasteiger partial charge < -0.3 is 9.84 Å². The minimum atomic E-state index is -0.227. The zero-order chi connectivity index (χ0) is 17.5. The lowest BCUT2D eigenvalue weighted by molar-refractivity contribution is 0.104. The van der Waals surface area contributed by atoms with Crippen LogP contribution in [0, 0.1) is 0 Å². The molecule has 0 saturated carbocycles. The minimum Gasteiger partial charge on any atom is -0.507 e. The smallest absolute Gasteiger partial charge is 0.189 e. The molecule has 2 aromatic carbocycles. The number of phenolic OH excluding ortho intramolecular Hbond substituents is 1. The Morgan fingerprint density at radius 1 is 1.17 bits per heavy atom. The summed E-state index contributed by atoms with van der Waals surface area (Å²) in [6.07, 6.45) is 6.14. The predicted octanol–water partition coefficient (Wildman–Crippen LogP) is 4.81. The number of aromatic hydroxyl groups is 1. The van der Waals surface area contributed by atoms with Gasteiger partial charge in [-0.2, -0.15) is 0 Å². The third-order valence-corrected chi connectivity index (χ3v) is 3.63. The molecule has 0 amide bonds. The maximum Gasteiger partial charge on any atom is 0.189 e. The van der Waals surface area contributed by atoms with E-state index in [0.717, 1.165) is 23.3 Å². The molecular weight excluding hydrogens is 300 g/mol. The van der Waals surface area contributed by atoms with Gasteiger partial charge >= 0.3 is 0 Å². The number of para-hydroxylation sites is 1. The average molecular weight is 322 g/mol. The fraction of sp³-hybridized carbons (Fsp3) is 0.190. The van der Waals surface area contributed by atoms with E-state index in [0.29, 0.717) is 5.56 Å². The Morgan fingerprint density at radius 3 is 2.58 bits per heavy atom. The molecule has 0 saturated heterocycles. The molecule has 0 heterocycles. The van der Waals surface area contributed by atoms with Crippen molar-refractivity contribution in [1.29, 1.82) is 0 Å². The van der Waals surface area contributed by atoms with E-state index in [1.807, 2.05) is 18.2 Å². The van der Waals surface area contributed by atoms with Gasteiger partial charge in [0.2, 0.25) is 0 Å². The number of benzene rings is 2. The van der Waals surface area contributed by atoms with Gasteiger partial charge in [-0.3, -0.25) is 4.79 Å². The lowest BCUT2D eigenvalue weighted by atomic mass is 10.0. The van der Waals surface area contributed by atoms with Crippen molar-refractivity contribution in [3.8, 4) is 11.5 Å². The molecule has 0 aromatic heterocycles. The van der Waals surface area contributed by atoms with Crippen LogP contribution >= 0.6 is 0 Å². The van der Waals surface area contributed by atoms with Gasteiger partial charge in [0.1, 0.15) is 11.5 Å². The van der Waals surface area contributed by atoms with E-state index in [9.17, 15) is 9.90 Å². The summed E-state index contributed by atoms with van der Waals surface area (Å²) in [5.74, 6) is 0.595. The first kappa shape index (κ1) is 17.5. The first-order valence-electron chi connectivity index (χ1n) is 7.82. The number of ether oxygens (including phenoxy) is 1. The summed E-state index contributed by atoms with van der Waals surface area (Å²) in [5, 5.41) is 9.73. The van der Waals surface area contributed by atoms with Crippen molar-refractivity contribution < 1.29 is 14.6 Å². The third-order valence-electron chi connectivity index (χ3n) is 3.63. The molecule has 0 aliphatic rings. The van der Waals surface area contributed by atoms with Crippen molar-refractivity contribution in [1.82, 2.24) is 0 Å². The highest BCUT2D eigenvalue weighted by atomic mass is 16.5. The van der Waals surface area contributed by atoms with Crippen LogP contribution in [0.1, 0.15) is 35.3 Å². The maximum absolute atomic E-state index is 12.2. The summed E-state index contributed by atoms with van der Waals surface area (Å²) in [4.78, 5) is 12.2. The van der Waals surface area contributed by atoms with Gasteiger partial charge in [-0.15, -0.1) is 0 Å². The van der Waals surface area contributed by atoms with Crippen LogP contribution in [-0.2, 0) is 6.42 Å². The number of hydrogen-bond acceptors (Lipinski definition) is 3. The zero-order valence-electron chi connectivity index (χ0n) is 14.2. The fourth-order valence-corrected chi connectivity index (χ4v) is 2.32. The second kappa shape index (κ2) is 8.16. The van der Waals surface area contributed by atoms with Gasteiger partial charge in [-0.05, 0) is 61.7 Å². The fourth-order valence-electron chi connectivity index (χ4n) is 2.32. The van der Waals surface area contributed by atoms with Crippen molar-refractivity contribution in [2.75, 3.05) is 7.11 Å². The van der Waals surface area contributed by atoms with Gasteiger partial charge in [0.15, 0.2) is 5.78 Å². The Bertz CT molecular complexity index is 781. The monoisotopic (exact) mass is 322 g/mol. The standard InChI is InChI=1S/C21H22O3/c1-15(2)8-11-17-14-16(10-13-21(17)24-3)9-12-20(23)18-6-4-5-7-19(18)22/h4-10,12-14,22H,11H2,1-3H3. The van der Waals surface area contributed by atoms with Crippen molar-refractivity contribution in [2.24, 2.45) is 0 Å². The van der Waals surface area contributed by atoms with Gasteiger partial charge in [-0.1, -0.05) is 35.9 Å². The number of carbonyl (C=O) groups is 1. The van der Waals surface area contributed by atoms with Crippen LogP contribution in [0.25, 0.3) is 6.08 Å². The number of carbonyl (C=O) groups excluding carboxylic acids is 1. The first-order chi connectivity index (χ1) is 11.5. The second-order valence-corrected chi connectivity index (χ2v) is 5.77. The predicted molar refractivity (Wildman–Crippen MR) is 97.6 cm³/mol. The summed E-state index contributed by atoms with van der Waals surface area (Å²) < 4.78 is 5.39. The van der Waals surface area contributed by atoms with Crippen molar-refractivity contribution in [2.45, 2.75) is 20.3 Å². The highest BCUT2D eigenvalue weighted by molar-refractivity contribution is 6.08. The van der Waals surface area contributed by atoms with Crippen LogP contribution in [-0.4, -0.2) is 18.0 Å². The summed E-state index contributed by atoms with van der Waals surface area (Å²) in [7, 11) is 1.65. The van der Waals surface area contributed by atoms with E-state index >= 15 is 0 Å². The normalized spacial score (nSPS) is 10.6. The number of phenols is 1. The van der Waals surface area contributed by atoms with Gasteiger partial charge in [0, 0.05) is 0 Å². The molecule has 0 atom stereocenters. The number of hydrogen-bond donors (Lipinski definition) is 1. The largest absolute Gasteiger partial charge is 0.507 e. The molecule has 0 aliphatic heterocycles. The van der Waals surface area contributed by atoms with E-state index in [1.54, 1.807) is 31.4 Å². The summed E-state index contributed by atoms with van der Waals surface area (Å²) in [6, 6.07) is 12.3. The summed E-state index contributed by atoms with van der Waals surface area (Å²) in [5.41, 5.74) is 3.52. The molecule has 3 heteroatoms. The average Bonchev–Trinajstić information content (AvgIpc) is 2.58. The molecule has 24 heavy (non-hydrogen) atoms. The lowest BCUT2D eigenvalue weighted by Gasteiger charge is -2.08. The van der Waals surface area contributed by atoms with Crippen LogP contribution in [0.5, 0.6) is 11.5 Å². The van der Waals surface area contributed by atoms with Crippen LogP contribution in [0.4, 0.5) is 0 Å². The molecule has 0 bridgehead atoms. The van der Waals surface area contributed by atoms with E-state index in [4.69, 9.17) is 4.74 Å². The number of ketones is 1. The molecule has 0 spiro atoms. The number of rotatable bonds is 6. The molecule has 3 nitrogen and oxygen atoms in total. The number of methoxy groups -OCH3 is 1. The van der Waals surface area contributed by atoms with Crippen molar-refractivity contribution in [3.63, 3.8) is 0 Å². The molecule has 0 fully saturated rings. The van der Waals surface area contributed by atoms with Crippen LogP contribution < -0.4 is 4.74 Å². The molecule has 2 aromatic rings. The first-order valence-corrected chi connectivity index (χ1v) is 7.82. The quantitative estimate of drug-likeness (QED) is 0.472. The topological polar surface area (TPSA) is 46.5 Å². The Hall–Kier alpha value is -2.81.